The number of fused-ring (bicyclic) bond motifs is 16. The molecular weight excluding hydrogens is 1380 g/mol. The molecule has 0 aliphatic carbocycles. The summed E-state index contributed by atoms with van der Waals surface area (Å²) < 4.78 is 44.9. The summed E-state index contributed by atoms with van der Waals surface area (Å²) in [6.45, 7) is 8.48. The lowest BCUT2D eigenvalue weighted by Crippen LogP contribution is -2.58. The monoisotopic (exact) mass is 1430 g/mol. The molecule has 10 unspecified atom stereocenters. The Morgan fingerprint density at radius 1 is 0.857 bits per heavy atom. The average molecular weight is 1440 g/mol. The average Bonchev–Trinajstić information content (AvgIpc) is 1.63. The number of methoxy groups -OCH3 is 1. The molecule has 98 heavy (non-hydrogen) atoms. The molecular formula is C61H58N14O18S5. The summed E-state index contributed by atoms with van der Waals surface area (Å²) in [7, 11) is 3.20. The predicted octanol–water partition coefficient (Wildman–Crippen LogP) is 4.26. The van der Waals surface area contributed by atoms with Crippen LogP contribution < -0.4 is 32.3 Å². The zero-order valence-electron chi connectivity index (χ0n) is 52.3. The Balaban J connectivity index is 0.984. The molecule has 12 heterocycles. The van der Waals surface area contributed by atoms with Gasteiger partial charge in [0.15, 0.2) is 18.1 Å². The first-order valence-corrected chi connectivity index (χ1v) is 34.2. The molecule has 6 amide bonds. The Bertz CT molecular complexity index is 4650. The number of ether oxygens (including phenoxy) is 7. The summed E-state index contributed by atoms with van der Waals surface area (Å²) in [5.74, 6) is -8.11. The molecule has 510 valence electrons. The highest BCUT2D eigenvalue weighted by Crippen LogP contribution is 2.44. The van der Waals surface area contributed by atoms with Gasteiger partial charge in [-0.15, -0.1) is 56.7 Å². The van der Waals surface area contributed by atoms with Crippen molar-refractivity contribution in [3.8, 4) is 38.4 Å². The number of benzene rings is 1. The van der Waals surface area contributed by atoms with Crippen LogP contribution in [0.2, 0.25) is 0 Å². The maximum atomic E-state index is 15.2. The Hall–Kier alpha value is -9.54. The molecule has 10 atom stereocenters. The minimum atomic E-state index is -1.84. The highest BCUT2D eigenvalue weighted by molar-refractivity contribution is 7.14. The molecule has 2 saturated heterocycles. The second kappa shape index (κ2) is 26.7. The fourth-order valence-corrected chi connectivity index (χ4v) is 16.2. The van der Waals surface area contributed by atoms with Gasteiger partial charge in [0, 0.05) is 49.8 Å². The van der Waals surface area contributed by atoms with Crippen LogP contribution in [0.3, 0.4) is 0 Å². The number of aliphatic hydroxyl groups is 1. The van der Waals surface area contributed by atoms with Crippen LogP contribution in [0, 0.1) is 0 Å². The molecule has 32 nitrogen and oxygen atoms in total. The van der Waals surface area contributed by atoms with Crippen LogP contribution in [0.5, 0.6) is 5.75 Å². The number of nitrogens with two attached hydrogens (primary N) is 1. The molecule has 5 aliphatic heterocycles. The number of nitrogens with zero attached hydrogens (tertiary/aromatic N) is 8. The molecule has 1 aromatic carbocycles. The van der Waals surface area contributed by atoms with Gasteiger partial charge in [-0.25, -0.2) is 39.5 Å². The minimum absolute atomic E-state index is 0.00256. The van der Waals surface area contributed by atoms with Crippen LogP contribution in [0.1, 0.15) is 125 Å². The zero-order chi connectivity index (χ0) is 69.3. The summed E-state index contributed by atoms with van der Waals surface area (Å²) in [5, 5.41) is 55.6. The Morgan fingerprint density at radius 3 is 2.30 bits per heavy atom. The van der Waals surface area contributed by atoms with Crippen molar-refractivity contribution in [2.24, 2.45) is 5.73 Å². The fourth-order valence-electron chi connectivity index (χ4n) is 12.0. The number of allylic oxidation sites excluding steroid dienone is 1. The molecule has 37 heteroatoms. The van der Waals surface area contributed by atoms with E-state index >= 15 is 14.4 Å². The number of cyclic esters (lactones) is 2. The number of rotatable bonds is 8. The van der Waals surface area contributed by atoms with Crippen LogP contribution in [0.15, 0.2) is 69.2 Å². The SMILES string of the molecule is C=C(NC(=O)c1csc(-c2nc3c(cc2O)-c2nc(cs2)C(=O)NC(C(C)O)C(=O)N/C(=C(\C)OC)c2nc(cs2)C(=O)NC2c4nc(cs4)C(=O)NC(COC(=O)c4c5c6c(cccc6n4O)COC(=O)C(OC4CC6(C)OCN(C)C6C(C)O4)C2OC5)c2nc-3cs2)n1)C(N)=O. The topological polar surface area (TPSA) is 434 Å². The number of carbonyl (C=O) groups is 8. The molecule has 5 aliphatic rings. The lowest BCUT2D eigenvalue weighted by atomic mass is 9.86. The van der Waals surface area contributed by atoms with Gasteiger partial charge in [-0.2, -0.15) is 4.73 Å². The van der Waals surface area contributed by atoms with Gasteiger partial charge in [0.05, 0.1) is 55.5 Å². The summed E-state index contributed by atoms with van der Waals surface area (Å²) >= 11 is 4.53. The molecule has 2 fully saturated rings. The van der Waals surface area contributed by atoms with E-state index in [-0.39, 0.29) is 118 Å². The molecule has 10 N–H and O–H groups in total. The van der Waals surface area contributed by atoms with Crippen molar-refractivity contribution < 1.29 is 86.9 Å². The number of hydrogen-bond donors (Lipinski definition) is 9. The molecule has 12 bridgehead atoms. The first kappa shape index (κ1) is 67.0. The van der Waals surface area contributed by atoms with Crippen LogP contribution in [-0.2, 0) is 60.8 Å². The van der Waals surface area contributed by atoms with E-state index in [9.17, 15) is 39.4 Å². The third-order valence-corrected chi connectivity index (χ3v) is 21.3. The van der Waals surface area contributed by atoms with E-state index in [0.717, 1.165) is 56.7 Å². The van der Waals surface area contributed by atoms with Gasteiger partial charge >= 0.3 is 11.9 Å². The predicted molar refractivity (Wildman–Crippen MR) is 348 cm³/mol. The minimum Gasteiger partial charge on any atom is -0.506 e. The normalized spacial score (nSPS) is 24.7. The van der Waals surface area contributed by atoms with Gasteiger partial charge in [0.2, 0.25) is 5.91 Å². The van der Waals surface area contributed by atoms with Gasteiger partial charge in [0.1, 0.15) is 120 Å². The highest BCUT2D eigenvalue weighted by Gasteiger charge is 2.54. The lowest BCUT2D eigenvalue weighted by Gasteiger charge is -2.45. The summed E-state index contributed by atoms with van der Waals surface area (Å²) in [4.78, 5) is 144. The highest BCUT2D eigenvalue weighted by atomic mass is 32.1. The third kappa shape index (κ3) is 12.6. The molecule has 0 spiro atoms. The molecule has 0 saturated carbocycles. The molecule has 7 aromatic heterocycles. The van der Waals surface area contributed by atoms with E-state index in [4.69, 9.17) is 53.8 Å². The number of hydrogen-bond acceptors (Lipinski definition) is 30. The van der Waals surface area contributed by atoms with Crippen LogP contribution in [0.25, 0.3) is 49.3 Å². The van der Waals surface area contributed by atoms with Crippen LogP contribution >= 0.6 is 56.7 Å². The number of likely N-dealkylation sites (N-methyl/N-ethyl adjacent to an activating group) is 1. The molecule has 8 aromatic rings. The van der Waals surface area contributed by atoms with Crippen LogP contribution in [0.4, 0.5) is 0 Å². The molecule has 13 rings (SSSR count). The largest absolute Gasteiger partial charge is 0.506 e. The number of pyridine rings is 1. The number of aliphatic hydroxyl groups excluding tert-OH is 1. The Kier molecular flexibility index (Phi) is 18.3. The quantitative estimate of drug-likeness (QED) is 0.0444. The van der Waals surface area contributed by atoms with E-state index in [1.807, 2.05) is 25.8 Å². The number of aromatic nitrogens is 7. The van der Waals surface area contributed by atoms with Crippen molar-refractivity contribution in [1.29, 1.82) is 0 Å². The number of esters is 2. The third-order valence-electron chi connectivity index (χ3n) is 16.8. The Labute approximate surface area is 573 Å². The summed E-state index contributed by atoms with van der Waals surface area (Å²) in [6.07, 6.45) is -6.77. The number of thiazole rings is 5. The number of nitrogens with one attached hydrogen (secondary N) is 5. The van der Waals surface area contributed by atoms with Gasteiger partial charge < -0.3 is 80.9 Å². The second-order valence-electron chi connectivity index (χ2n) is 23.3. The number of carbonyl (C=O) groups excluding carboxylic acids is 8. The van der Waals surface area contributed by atoms with E-state index in [2.05, 4.69) is 48.1 Å². The van der Waals surface area contributed by atoms with Crippen molar-refractivity contribution in [2.75, 3.05) is 27.5 Å². The van der Waals surface area contributed by atoms with Crippen molar-refractivity contribution in [1.82, 2.24) is 66.1 Å². The van der Waals surface area contributed by atoms with E-state index in [1.54, 1.807) is 12.1 Å². The van der Waals surface area contributed by atoms with E-state index in [0.29, 0.717) is 10.3 Å². The number of aromatic hydroxyl groups is 1. The van der Waals surface area contributed by atoms with E-state index in [1.165, 1.54) is 60.0 Å². The van der Waals surface area contributed by atoms with Crippen molar-refractivity contribution in [3.05, 3.63) is 124 Å². The number of primary amides is 1. The standard InChI is InChI=1S/C61H58N14O18S5/c1-22(48(62)78)63-49(79)31-18-97-57(68-31)42-36(77)11-27-41(70-42)30-16-95-55(65-30)29-15-90-59(84)44-28-14-88-45(46(60(85)89-13-26-9-8-10-35(38(26)28)75(44)86)93-37-12-61(5)47(25(4)92-37)74(6)21-91-61)43(58-69-32(19-98-58)50(80)64-29)73-52(82)34-20-96-56(67-34)40(24(3)87-7)72-53(83)39(23(2)76)71-51(81)33-17-94-54(27)66-33/h8-11,16-20,23,25,29,37,39,43,45-47,76-77,86H,1,12-15,21H2,2-7H3,(H2,62,78)(H,63,79)(H,64,80)(H,71,81)(H,72,83)(H,73,82)/b40-24+. The zero-order valence-corrected chi connectivity index (χ0v) is 56.4. The van der Waals surface area contributed by atoms with Crippen molar-refractivity contribution in [3.63, 3.8) is 0 Å². The van der Waals surface area contributed by atoms with Gasteiger partial charge in [0.25, 0.3) is 29.5 Å². The fraction of sp³-hybridized carbons (Fsp3) is 0.344. The van der Waals surface area contributed by atoms with Crippen LogP contribution in [-0.4, -0.2) is 178 Å². The number of amides is 6. The van der Waals surface area contributed by atoms with Gasteiger partial charge in [-0.1, -0.05) is 18.7 Å². The van der Waals surface area contributed by atoms with Gasteiger partial charge in [-0.3, -0.25) is 33.7 Å². The molecule has 0 radical (unpaired) electrons. The lowest BCUT2D eigenvalue weighted by molar-refractivity contribution is -0.268. The Morgan fingerprint density at radius 2 is 1.54 bits per heavy atom. The summed E-state index contributed by atoms with van der Waals surface area (Å²) in [6, 6.07) is 1.10. The second-order valence-corrected chi connectivity index (χ2v) is 27.7. The van der Waals surface area contributed by atoms with Crippen molar-refractivity contribution in [2.45, 2.75) is 108 Å². The van der Waals surface area contributed by atoms with E-state index < -0.39 is 139 Å². The van der Waals surface area contributed by atoms with Crippen molar-refractivity contribution >= 4 is 121 Å². The maximum Gasteiger partial charge on any atom is 0.358 e. The van der Waals surface area contributed by atoms with Gasteiger partial charge in [-0.05, 0) is 52.4 Å². The summed E-state index contributed by atoms with van der Waals surface area (Å²) in [5.41, 5.74) is 2.86. The maximum absolute atomic E-state index is 15.2. The smallest absolute Gasteiger partial charge is 0.358 e. The first-order chi connectivity index (χ1) is 46.9. The first-order valence-electron chi connectivity index (χ1n) is 29.8.